The van der Waals surface area contributed by atoms with Crippen LogP contribution in [-0.2, 0) is 4.79 Å². The van der Waals surface area contributed by atoms with E-state index in [1.807, 2.05) is 12.1 Å². The van der Waals surface area contributed by atoms with E-state index in [-0.39, 0.29) is 18.4 Å². The zero-order valence-corrected chi connectivity index (χ0v) is 11.9. The van der Waals surface area contributed by atoms with Crippen molar-refractivity contribution in [2.45, 2.75) is 0 Å². The molecule has 0 aliphatic rings. The van der Waals surface area contributed by atoms with Crippen LogP contribution in [0, 0.1) is 0 Å². The van der Waals surface area contributed by atoms with E-state index in [4.69, 9.17) is 11.6 Å². The zero-order valence-electron chi connectivity index (χ0n) is 11.2. The molecule has 20 heavy (non-hydrogen) atoms. The summed E-state index contributed by atoms with van der Waals surface area (Å²) < 4.78 is 0. The van der Waals surface area contributed by atoms with Crippen molar-refractivity contribution < 1.29 is 9.59 Å². The first kappa shape index (κ1) is 14.3. The molecule has 0 fully saturated rings. The van der Waals surface area contributed by atoms with E-state index >= 15 is 0 Å². The van der Waals surface area contributed by atoms with Gasteiger partial charge >= 0.3 is 0 Å². The maximum absolute atomic E-state index is 12.1. The lowest BCUT2D eigenvalue weighted by Gasteiger charge is -2.12. The van der Waals surface area contributed by atoms with Gasteiger partial charge < -0.3 is 10.2 Å². The highest BCUT2D eigenvalue weighted by Crippen LogP contribution is 2.23. The Morgan fingerprint density at radius 1 is 1.25 bits per heavy atom. The summed E-state index contributed by atoms with van der Waals surface area (Å²) in [6.45, 7) is -0.0528. The molecule has 0 atom stereocenters. The molecule has 0 aliphatic heterocycles. The first-order chi connectivity index (χ1) is 9.50. The lowest BCUT2D eigenvalue weighted by atomic mass is 10.1. The van der Waals surface area contributed by atoms with Gasteiger partial charge in [-0.05, 0) is 5.39 Å². The smallest absolute Gasteiger partial charge is 0.253 e. The van der Waals surface area contributed by atoms with Crippen LogP contribution in [0.3, 0.4) is 0 Å². The van der Waals surface area contributed by atoms with E-state index in [0.717, 1.165) is 0 Å². The number of halogens is 1. The van der Waals surface area contributed by atoms with Crippen molar-refractivity contribution in [1.29, 1.82) is 0 Å². The molecule has 1 aromatic heterocycles. The maximum atomic E-state index is 12.1. The van der Waals surface area contributed by atoms with Crippen LogP contribution in [0.25, 0.3) is 10.8 Å². The molecule has 2 amide bonds. The second kappa shape index (κ2) is 5.88. The number of nitrogens with one attached hydrogen (secondary N) is 1. The number of nitrogens with zero attached hydrogens (tertiary/aromatic N) is 2. The summed E-state index contributed by atoms with van der Waals surface area (Å²) in [6.07, 6.45) is 1.42. The van der Waals surface area contributed by atoms with Gasteiger partial charge in [-0.1, -0.05) is 35.9 Å². The Balaban J connectivity index is 2.27. The summed E-state index contributed by atoms with van der Waals surface area (Å²) in [6, 6.07) is 7.24. The molecule has 0 bridgehead atoms. The van der Waals surface area contributed by atoms with Crippen LogP contribution in [0.1, 0.15) is 10.4 Å². The van der Waals surface area contributed by atoms with Crippen molar-refractivity contribution >= 4 is 34.2 Å². The molecule has 0 radical (unpaired) electrons. The van der Waals surface area contributed by atoms with E-state index in [1.165, 1.54) is 11.1 Å². The summed E-state index contributed by atoms with van der Waals surface area (Å²) in [5.41, 5.74) is 0.400. The van der Waals surface area contributed by atoms with Gasteiger partial charge in [0.25, 0.3) is 5.91 Å². The molecular formula is C14H14ClN3O2. The summed E-state index contributed by atoms with van der Waals surface area (Å²) in [5.74, 6) is -0.523. The van der Waals surface area contributed by atoms with Crippen LogP contribution in [0.4, 0.5) is 0 Å². The number of hydrogen-bond donors (Lipinski definition) is 1. The lowest BCUT2D eigenvalue weighted by molar-refractivity contribution is -0.127. The first-order valence-corrected chi connectivity index (χ1v) is 6.40. The average molecular weight is 292 g/mol. The van der Waals surface area contributed by atoms with E-state index in [0.29, 0.717) is 21.5 Å². The number of carbonyl (C=O) groups is 2. The fraction of sp³-hybridized carbons (Fsp3) is 0.214. The number of pyridine rings is 1. The SMILES string of the molecule is CN(C)C(=O)CNC(=O)c1cnc(Cl)c2ccccc12. The molecule has 0 unspecified atom stereocenters. The predicted octanol–water partition coefficient (Wildman–Crippen LogP) is 1.71. The third-order valence-electron chi connectivity index (χ3n) is 2.89. The lowest BCUT2D eigenvalue weighted by Crippen LogP contribution is -2.36. The molecule has 1 heterocycles. The summed E-state index contributed by atoms with van der Waals surface area (Å²) in [4.78, 5) is 29.0. The van der Waals surface area contributed by atoms with Crippen LogP contribution in [-0.4, -0.2) is 42.3 Å². The number of fused-ring (bicyclic) bond motifs is 1. The molecule has 1 aromatic carbocycles. The van der Waals surface area contributed by atoms with Gasteiger partial charge in [-0.3, -0.25) is 9.59 Å². The minimum atomic E-state index is -0.347. The summed E-state index contributed by atoms with van der Waals surface area (Å²) >= 11 is 6.00. The fourth-order valence-corrected chi connectivity index (χ4v) is 1.96. The Morgan fingerprint density at radius 2 is 1.90 bits per heavy atom. The van der Waals surface area contributed by atoms with Crippen molar-refractivity contribution in [3.8, 4) is 0 Å². The minimum absolute atomic E-state index is 0.0528. The predicted molar refractivity (Wildman–Crippen MR) is 77.8 cm³/mol. The van der Waals surface area contributed by atoms with Crippen LogP contribution < -0.4 is 5.32 Å². The van der Waals surface area contributed by atoms with E-state index in [2.05, 4.69) is 10.3 Å². The topological polar surface area (TPSA) is 62.3 Å². The third-order valence-corrected chi connectivity index (χ3v) is 3.19. The highest BCUT2D eigenvalue weighted by atomic mass is 35.5. The standard InChI is InChI=1S/C14H14ClN3O2/c1-18(2)12(19)8-17-14(20)11-7-16-13(15)10-6-4-3-5-9(10)11/h3-7H,8H2,1-2H3,(H,17,20). The third kappa shape index (κ3) is 2.88. The number of hydrogen-bond acceptors (Lipinski definition) is 3. The second-order valence-electron chi connectivity index (χ2n) is 4.48. The molecule has 6 heteroatoms. The van der Waals surface area contributed by atoms with Crippen LogP contribution in [0.2, 0.25) is 5.15 Å². The Labute approximate surface area is 121 Å². The Bertz CT molecular complexity index is 671. The van der Waals surface area contributed by atoms with Crippen molar-refractivity contribution in [1.82, 2.24) is 15.2 Å². The molecule has 0 saturated carbocycles. The number of carbonyl (C=O) groups excluding carboxylic acids is 2. The Hall–Kier alpha value is -2.14. The van der Waals surface area contributed by atoms with Crippen molar-refractivity contribution in [3.63, 3.8) is 0 Å². The summed E-state index contributed by atoms with van der Waals surface area (Å²) in [7, 11) is 3.27. The number of likely N-dealkylation sites (N-methyl/N-ethyl adjacent to an activating group) is 1. The molecule has 104 valence electrons. The van der Waals surface area contributed by atoms with Crippen LogP contribution >= 0.6 is 11.6 Å². The number of aromatic nitrogens is 1. The van der Waals surface area contributed by atoms with Crippen molar-refractivity contribution in [2.75, 3.05) is 20.6 Å². The van der Waals surface area contributed by atoms with Crippen LogP contribution in [0.5, 0.6) is 0 Å². The molecule has 5 nitrogen and oxygen atoms in total. The molecule has 2 rings (SSSR count). The quantitative estimate of drug-likeness (QED) is 0.876. The largest absolute Gasteiger partial charge is 0.347 e. The fourth-order valence-electron chi connectivity index (χ4n) is 1.75. The molecule has 2 aromatic rings. The Morgan fingerprint density at radius 3 is 2.55 bits per heavy atom. The molecule has 0 saturated heterocycles. The van der Waals surface area contributed by atoms with Crippen molar-refractivity contribution in [2.24, 2.45) is 0 Å². The van der Waals surface area contributed by atoms with Gasteiger partial charge in [0.05, 0.1) is 12.1 Å². The molecule has 0 aliphatic carbocycles. The molecular weight excluding hydrogens is 278 g/mol. The first-order valence-electron chi connectivity index (χ1n) is 6.02. The minimum Gasteiger partial charge on any atom is -0.347 e. The van der Waals surface area contributed by atoms with Gasteiger partial charge in [0.1, 0.15) is 5.15 Å². The monoisotopic (exact) mass is 291 g/mol. The van der Waals surface area contributed by atoms with Gasteiger partial charge in [0.15, 0.2) is 0 Å². The number of amides is 2. The zero-order chi connectivity index (χ0) is 14.7. The van der Waals surface area contributed by atoms with Crippen LogP contribution in [0.15, 0.2) is 30.5 Å². The van der Waals surface area contributed by atoms with Crippen molar-refractivity contribution in [3.05, 3.63) is 41.2 Å². The van der Waals surface area contributed by atoms with Gasteiger partial charge in [0, 0.05) is 25.7 Å². The number of rotatable bonds is 3. The average Bonchev–Trinajstić information content (AvgIpc) is 2.45. The Kier molecular flexibility index (Phi) is 4.20. The van der Waals surface area contributed by atoms with Gasteiger partial charge in [-0.2, -0.15) is 0 Å². The van der Waals surface area contributed by atoms with E-state index in [9.17, 15) is 9.59 Å². The highest BCUT2D eigenvalue weighted by molar-refractivity contribution is 6.34. The highest BCUT2D eigenvalue weighted by Gasteiger charge is 2.14. The van der Waals surface area contributed by atoms with Gasteiger partial charge in [-0.25, -0.2) is 4.98 Å². The van der Waals surface area contributed by atoms with E-state index < -0.39 is 0 Å². The molecule has 0 spiro atoms. The van der Waals surface area contributed by atoms with Gasteiger partial charge in [0.2, 0.25) is 5.91 Å². The maximum Gasteiger partial charge on any atom is 0.253 e. The second-order valence-corrected chi connectivity index (χ2v) is 4.84. The normalized spacial score (nSPS) is 10.3. The van der Waals surface area contributed by atoms with E-state index in [1.54, 1.807) is 26.2 Å². The summed E-state index contributed by atoms with van der Waals surface area (Å²) in [5, 5.41) is 4.35. The van der Waals surface area contributed by atoms with Gasteiger partial charge in [-0.15, -0.1) is 0 Å². The molecule has 1 N–H and O–H groups in total. The number of benzene rings is 1.